The summed E-state index contributed by atoms with van der Waals surface area (Å²) in [5, 5.41) is 6.70. The second kappa shape index (κ2) is 11.7. The Bertz CT molecular complexity index is 938. The Hall–Kier alpha value is -3.55. The number of amides is 1. The van der Waals surface area contributed by atoms with Crippen molar-refractivity contribution in [3.8, 4) is 5.75 Å². The van der Waals surface area contributed by atoms with Crippen molar-refractivity contribution in [3.05, 3.63) is 66.4 Å². The molecule has 32 heavy (non-hydrogen) atoms. The van der Waals surface area contributed by atoms with Crippen LogP contribution in [0.4, 0.5) is 5.82 Å². The van der Waals surface area contributed by atoms with Crippen LogP contribution in [0.5, 0.6) is 5.75 Å². The maximum atomic E-state index is 11.5. The molecule has 2 aromatic rings. The number of carbonyl (C=O) groups excluding carboxylic acids is 1. The first-order valence-corrected chi connectivity index (χ1v) is 10.9. The molecule has 8 nitrogen and oxygen atoms in total. The predicted molar refractivity (Wildman–Crippen MR) is 128 cm³/mol. The van der Waals surface area contributed by atoms with Gasteiger partial charge in [0.1, 0.15) is 18.2 Å². The Morgan fingerprint density at radius 1 is 1.22 bits per heavy atom. The van der Waals surface area contributed by atoms with Crippen molar-refractivity contribution >= 4 is 17.7 Å². The molecular weight excluding hydrogens is 404 g/mol. The number of aromatic nitrogens is 1. The maximum Gasteiger partial charge on any atom is 0.220 e. The first-order chi connectivity index (χ1) is 15.6. The smallest absolute Gasteiger partial charge is 0.220 e. The molecule has 0 spiro atoms. The summed E-state index contributed by atoms with van der Waals surface area (Å²) in [6.45, 7) is 6.86. The lowest BCUT2D eigenvalue weighted by Crippen LogP contribution is -2.40. The fourth-order valence-electron chi connectivity index (χ4n) is 3.75. The van der Waals surface area contributed by atoms with Crippen molar-refractivity contribution in [2.75, 3.05) is 31.6 Å². The lowest BCUT2D eigenvalue weighted by Gasteiger charge is -2.32. The summed E-state index contributed by atoms with van der Waals surface area (Å²) >= 11 is 0. The number of ether oxygens (including phenoxy) is 1. The quantitative estimate of drug-likeness (QED) is 0.316. The minimum absolute atomic E-state index is 0.0436. The Balaban J connectivity index is 1.58. The van der Waals surface area contributed by atoms with Gasteiger partial charge in [-0.15, -0.1) is 0 Å². The van der Waals surface area contributed by atoms with E-state index < -0.39 is 0 Å². The molecule has 1 aromatic carbocycles. The van der Waals surface area contributed by atoms with E-state index in [0.29, 0.717) is 25.7 Å². The van der Waals surface area contributed by atoms with E-state index in [9.17, 15) is 4.79 Å². The van der Waals surface area contributed by atoms with E-state index >= 15 is 0 Å². The summed E-state index contributed by atoms with van der Waals surface area (Å²) in [7, 11) is 1.74. The van der Waals surface area contributed by atoms with Gasteiger partial charge in [-0.05, 0) is 25.0 Å². The van der Waals surface area contributed by atoms with Crippen molar-refractivity contribution in [2.24, 2.45) is 16.6 Å². The number of hydrogen-bond donors (Lipinski definition) is 3. The fourth-order valence-corrected chi connectivity index (χ4v) is 3.75. The molecule has 0 radical (unpaired) electrons. The molecule has 1 amide bonds. The number of hydrogen-bond acceptors (Lipinski definition) is 5. The minimum atomic E-state index is -0.209. The lowest BCUT2D eigenvalue weighted by atomic mass is 9.96. The standard InChI is InChI=1S/C24H32N6O2/c1-3-15-32-21-9-5-4-7-19(21)16-28-24(26-2)29-17-20-8-6-12-27-23(20)30-13-10-18(11-14-30)22(25)31/h3-9,12,18H,1,10-11,13-17H2,2H3,(H2,25,31)(H2,26,28,29). The Morgan fingerprint density at radius 2 is 1.91 bits per heavy atom. The van der Waals surface area contributed by atoms with Crippen LogP contribution < -0.4 is 26.0 Å². The largest absolute Gasteiger partial charge is 0.489 e. The zero-order valence-corrected chi connectivity index (χ0v) is 18.6. The molecule has 1 fully saturated rings. The van der Waals surface area contributed by atoms with Crippen LogP contribution in [0.1, 0.15) is 24.0 Å². The van der Waals surface area contributed by atoms with Gasteiger partial charge < -0.3 is 26.0 Å². The van der Waals surface area contributed by atoms with Gasteiger partial charge in [0, 0.05) is 56.5 Å². The number of para-hydroxylation sites is 1. The zero-order chi connectivity index (χ0) is 22.8. The molecule has 0 unspecified atom stereocenters. The van der Waals surface area contributed by atoms with Crippen molar-refractivity contribution in [3.63, 3.8) is 0 Å². The van der Waals surface area contributed by atoms with Gasteiger partial charge >= 0.3 is 0 Å². The van der Waals surface area contributed by atoms with Gasteiger partial charge in [0.25, 0.3) is 0 Å². The van der Waals surface area contributed by atoms with Gasteiger partial charge in [0.2, 0.25) is 5.91 Å². The molecule has 170 valence electrons. The molecular formula is C24H32N6O2. The SMILES string of the molecule is C=CCOc1ccccc1CNC(=NC)NCc1cccnc1N1CCC(C(N)=O)CC1. The summed E-state index contributed by atoms with van der Waals surface area (Å²) in [4.78, 5) is 22.6. The van der Waals surface area contributed by atoms with Crippen LogP contribution in [-0.2, 0) is 17.9 Å². The number of guanidine groups is 1. The average molecular weight is 437 g/mol. The van der Waals surface area contributed by atoms with Crippen LogP contribution in [0.3, 0.4) is 0 Å². The van der Waals surface area contributed by atoms with Gasteiger partial charge in [0.05, 0.1) is 0 Å². The molecule has 0 aliphatic carbocycles. The molecule has 1 saturated heterocycles. The monoisotopic (exact) mass is 436 g/mol. The third-order valence-electron chi connectivity index (χ3n) is 5.51. The number of aliphatic imine (C=N–C) groups is 1. The summed E-state index contributed by atoms with van der Waals surface area (Å²) in [5.41, 5.74) is 7.58. The van der Waals surface area contributed by atoms with Crippen LogP contribution in [0.15, 0.2) is 60.2 Å². The Labute approximate surface area is 189 Å². The molecule has 0 bridgehead atoms. The Kier molecular flexibility index (Phi) is 8.48. The van der Waals surface area contributed by atoms with Crippen molar-refractivity contribution in [2.45, 2.75) is 25.9 Å². The van der Waals surface area contributed by atoms with E-state index in [1.165, 1.54) is 0 Å². The number of anilines is 1. The summed E-state index contributed by atoms with van der Waals surface area (Å²) < 4.78 is 5.73. The molecule has 1 aliphatic heterocycles. The van der Waals surface area contributed by atoms with Gasteiger partial charge in [-0.25, -0.2) is 4.98 Å². The number of carbonyl (C=O) groups is 1. The number of nitrogens with two attached hydrogens (primary N) is 1. The molecule has 1 aliphatic rings. The van der Waals surface area contributed by atoms with Crippen LogP contribution in [-0.4, -0.2) is 43.6 Å². The maximum absolute atomic E-state index is 11.5. The number of rotatable bonds is 9. The number of piperidine rings is 1. The number of primary amides is 1. The van der Waals surface area contributed by atoms with Crippen LogP contribution >= 0.6 is 0 Å². The fraction of sp³-hybridized carbons (Fsp3) is 0.375. The lowest BCUT2D eigenvalue weighted by molar-refractivity contribution is -0.122. The van der Waals surface area contributed by atoms with Gasteiger partial charge in [-0.1, -0.05) is 36.9 Å². The molecule has 4 N–H and O–H groups in total. The van der Waals surface area contributed by atoms with E-state index in [4.69, 9.17) is 10.5 Å². The Morgan fingerprint density at radius 3 is 2.59 bits per heavy atom. The highest BCUT2D eigenvalue weighted by atomic mass is 16.5. The molecule has 0 atom stereocenters. The average Bonchev–Trinajstić information content (AvgIpc) is 2.83. The minimum Gasteiger partial charge on any atom is -0.489 e. The summed E-state index contributed by atoms with van der Waals surface area (Å²) in [6.07, 6.45) is 5.05. The number of nitrogens with zero attached hydrogens (tertiary/aromatic N) is 3. The zero-order valence-electron chi connectivity index (χ0n) is 18.6. The van der Waals surface area contributed by atoms with E-state index in [1.54, 1.807) is 19.3 Å². The van der Waals surface area contributed by atoms with E-state index in [-0.39, 0.29) is 11.8 Å². The molecule has 3 rings (SSSR count). The van der Waals surface area contributed by atoms with E-state index in [0.717, 1.165) is 48.6 Å². The topological polar surface area (TPSA) is 105 Å². The molecule has 2 heterocycles. The number of nitrogens with one attached hydrogen (secondary N) is 2. The van der Waals surface area contributed by atoms with Crippen molar-refractivity contribution < 1.29 is 9.53 Å². The van der Waals surface area contributed by atoms with Crippen LogP contribution in [0.2, 0.25) is 0 Å². The molecule has 0 saturated carbocycles. The molecule has 8 heteroatoms. The highest BCUT2D eigenvalue weighted by Gasteiger charge is 2.24. The van der Waals surface area contributed by atoms with Crippen molar-refractivity contribution in [1.29, 1.82) is 0 Å². The predicted octanol–water partition coefficient (Wildman–Crippen LogP) is 2.21. The van der Waals surface area contributed by atoms with Crippen LogP contribution in [0.25, 0.3) is 0 Å². The second-order valence-electron chi connectivity index (χ2n) is 7.64. The van der Waals surface area contributed by atoms with E-state index in [2.05, 4.69) is 38.2 Å². The summed E-state index contributed by atoms with van der Waals surface area (Å²) in [5.74, 6) is 2.19. The normalized spacial score (nSPS) is 14.7. The van der Waals surface area contributed by atoms with E-state index in [1.807, 2.05) is 30.3 Å². The number of pyridine rings is 1. The first kappa shape index (κ1) is 23.1. The summed E-state index contributed by atoms with van der Waals surface area (Å²) in [6, 6.07) is 11.9. The third-order valence-corrected chi connectivity index (χ3v) is 5.51. The van der Waals surface area contributed by atoms with Gasteiger partial charge in [0.15, 0.2) is 5.96 Å². The first-order valence-electron chi connectivity index (χ1n) is 10.9. The third kappa shape index (κ3) is 6.23. The van der Waals surface area contributed by atoms with Gasteiger partial charge in [-0.2, -0.15) is 0 Å². The highest BCUT2D eigenvalue weighted by molar-refractivity contribution is 5.80. The molecule has 1 aromatic heterocycles. The number of benzene rings is 1. The van der Waals surface area contributed by atoms with Gasteiger partial charge in [-0.3, -0.25) is 9.79 Å². The highest BCUT2D eigenvalue weighted by Crippen LogP contribution is 2.24. The van der Waals surface area contributed by atoms with Crippen molar-refractivity contribution in [1.82, 2.24) is 15.6 Å². The van der Waals surface area contributed by atoms with Crippen LogP contribution in [0, 0.1) is 5.92 Å². The second-order valence-corrected chi connectivity index (χ2v) is 7.64.